The summed E-state index contributed by atoms with van der Waals surface area (Å²) in [6, 6.07) is 13.5. The van der Waals surface area contributed by atoms with Crippen LogP contribution in [-0.2, 0) is 11.0 Å². The van der Waals surface area contributed by atoms with E-state index in [1.165, 1.54) is 36.4 Å². The number of hydrogen-bond donors (Lipinski definition) is 1. The zero-order valence-electron chi connectivity index (χ0n) is 17.4. The molecule has 0 aromatic heterocycles. The number of thioether (sulfide) groups is 1. The van der Waals surface area contributed by atoms with Crippen LogP contribution < -0.4 is 10.1 Å². The van der Waals surface area contributed by atoms with Crippen molar-refractivity contribution in [3.63, 3.8) is 0 Å². The number of nitrogens with one attached hydrogen (secondary N) is 1. The quantitative estimate of drug-likeness (QED) is 0.187. The molecule has 0 saturated carbocycles. The fourth-order valence-electron chi connectivity index (χ4n) is 2.95. The minimum Gasteiger partial charge on any atom is -0.450 e. The molecular formula is C23H13F4N3O4S. The van der Waals surface area contributed by atoms with Gasteiger partial charge in [0.05, 0.1) is 21.1 Å². The molecule has 35 heavy (non-hydrogen) atoms. The van der Waals surface area contributed by atoms with Crippen molar-refractivity contribution in [2.24, 2.45) is 4.99 Å². The number of amides is 1. The van der Waals surface area contributed by atoms with E-state index in [0.29, 0.717) is 33.5 Å². The van der Waals surface area contributed by atoms with Crippen molar-refractivity contribution < 1.29 is 32.0 Å². The highest BCUT2D eigenvalue weighted by molar-refractivity contribution is 8.18. The van der Waals surface area contributed by atoms with Gasteiger partial charge in [-0.2, -0.15) is 13.2 Å². The minimum atomic E-state index is -4.73. The van der Waals surface area contributed by atoms with Crippen LogP contribution in [0.5, 0.6) is 11.5 Å². The van der Waals surface area contributed by atoms with Crippen LogP contribution in [0.1, 0.15) is 11.1 Å². The standard InChI is InChI=1S/C23H13F4N3O4S/c24-15-4-6-16(7-5-15)28-22-29-21(31)20(35-22)11-13-1-8-17(9-2-13)34-19-10-3-14(23(25,26)27)12-18(19)30(32)33/h1-12H,(H,28,29,31)/b20-11+. The molecule has 7 nitrogen and oxygen atoms in total. The third kappa shape index (κ3) is 5.84. The van der Waals surface area contributed by atoms with Crippen LogP contribution in [0.15, 0.2) is 76.6 Å². The second-order valence-electron chi connectivity index (χ2n) is 7.07. The van der Waals surface area contributed by atoms with Crippen molar-refractivity contribution in [2.45, 2.75) is 6.18 Å². The summed E-state index contributed by atoms with van der Waals surface area (Å²) in [5.41, 5.74) is -0.916. The Morgan fingerprint density at radius 1 is 1.03 bits per heavy atom. The number of amidine groups is 1. The van der Waals surface area contributed by atoms with E-state index in [0.717, 1.165) is 17.8 Å². The highest BCUT2D eigenvalue weighted by Gasteiger charge is 2.33. The highest BCUT2D eigenvalue weighted by Crippen LogP contribution is 2.38. The maximum absolute atomic E-state index is 13.0. The van der Waals surface area contributed by atoms with Gasteiger partial charge in [0.1, 0.15) is 11.6 Å². The van der Waals surface area contributed by atoms with Gasteiger partial charge in [-0.1, -0.05) is 12.1 Å². The van der Waals surface area contributed by atoms with E-state index in [-0.39, 0.29) is 17.4 Å². The Labute approximate surface area is 199 Å². The summed E-state index contributed by atoms with van der Waals surface area (Å²) >= 11 is 1.09. The van der Waals surface area contributed by atoms with Gasteiger partial charge in [-0.15, -0.1) is 0 Å². The molecule has 0 unspecified atom stereocenters. The molecule has 3 aromatic rings. The lowest BCUT2D eigenvalue weighted by Gasteiger charge is -2.10. The Balaban J connectivity index is 1.49. The number of alkyl halides is 3. The zero-order chi connectivity index (χ0) is 25.2. The van der Waals surface area contributed by atoms with Crippen LogP contribution in [0.3, 0.4) is 0 Å². The molecule has 0 aliphatic carbocycles. The first-order valence-electron chi connectivity index (χ1n) is 9.77. The maximum atomic E-state index is 13.0. The third-order valence-electron chi connectivity index (χ3n) is 4.60. The van der Waals surface area contributed by atoms with Crippen LogP contribution in [-0.4, -0.2) is 16.0 Å². The normalized spacial score (nSPS) is 15.9. The molecule has 1 heterocycles. The third-order valence-corrected chi connectivity index (χ3v) is 5.51. The number of nitro groups is 1. The molecule has 1 aliphatic rings. The van der Waals surface area contributed by atoms with Crippen molar-refractivity contribution in [3.8, 4) is 11.5 Å². The Kier molecular flexibility index (Phi) is 6.56. The SMILES string of the molecule is O=C1NC(=Nc2ccc(F)cc2)S/C1=C/c1ccc(Oc2ccc(C(F)(F)F)cc2[N+](=O)[O-])cc1. The predicted molar refractivity (Wildman–Crippen MR) is 122 cm³/mol. The van der Waals surface area contributed by atoms with Gasteiger partial charge in [-0.05, 0) is 71.9 Å². The average molecular weight is 503 g/mol. The van der Waals surface area contributed by atoms with Gasteiger partial charge >= 0.3 is 11.9 Å². The van der Waals surface area contributed by atoms with E-state index in [2.05, 4.69) is 10.3 Å². The number of benzene rings is 3. The lowest BCUT2D eigenvalue weighted by atomic mass is 10.1. The number of halogens is 4. The molecule has 3 aromatic carbocycles. The summed E-state index contributed by atoms with van der Waals surface area (Å²) < 4.78 is 57.0. The summed E-state index contributed by atoms with van der Waals surface area (Å²) in [4.78, 5) is 27.1. The van der Waals surface area contributed by atoms with E-state index >= 15 is 0 Å². The molecule has 1 saturated heterocycles. The van der Waals surface area contributed by atoms with Crippen LogP contribution in [0, 0.1) is 15.9 Å². The first-order valence-corrected chi connectivity index (χ1v) is 10.6. The minimum absolute atomic E-state index is 0.150. The maximum Gasteiger partial charge on any atom is 0.416 e. The van der Waals surface area contributed by atoms with Gasteiger partial charge < -0.3 is 10.1 Å². The van der Waals surface area contributed by atoms with E-state index in [4.69, 9.17) is 4.74 Å². The van der Waals surface area contributed by atoms with Crippen molar-refractivity contribution in [1.82, 2.24) is 5.32 Å². The summed E-state index contributed by atoms with van der Waals surface area (Å²) in [7, 11) is 0. The number of carbonyl (C=O) groups is 1. The van der Waals surface area contributed by atoms with Gasteiger partial charge in [0.25, 0.3) is 5.91 Å². The van der Waals surface area contributed by atoms with E-state index in [1.54, 1.807) is 18.2 Å². The van der Waals surface area contributed by atoms with Crippen LogP contribution in [0.2, 0.25) is 0 Å². The van der Waals surface area contributed by atoms with Gasteiger partial charge in [0.15, 0.2) is 5.17 Å². The van der Waals surface area contributed by atoms with E-state index in [9.17, 15) is 32.5 Å². The van der Waals surface area contributed by atoms with E-state index in [1.807, 2.05) is 0 Å². The van der Waals surface area contributed by atoms with Gasteiger partial charge in [-0.3, -0.25) is 14.9 Å². The molecular weight excluding hydrogens is 490 g/mol. The summed E-state index contributed by atoms with van der Waals surface area (Å²) in [6.07, 6.45) is -3.15. The molecule has 0 spiro atoms. The van der Waals surface area contributed by atoms with Gasteiger partial charge in [0.2, 0.25) is 5.75 Å². The second-order valence-corrected chi connectivity index (χ2v) is 8.10. The highest BCUT2D eigenvalue weighted by atomic mass is 32.2. The largest absolute Gasteiger partial charge is 0.450 e. The Hall–Kier alpha value is -4.19. The number of hydrogen-bond acceptors (Lipinski definition) is 6. The topological polar surface area (TPSA) is 93.8 Å². The number of carbonyl (C=O) groups excluding carboxylic acids is 1. The molecule has 1 N–H and O–H groups in total. The fourth-order valence-corrected chi connectivity index (χ4v) is 3.79. The molecule has 1 aliphatic heterocycles. The monoisotopic (exact) mass is 503 g/mol. The molecule has 0 atom stereocenters. The van der Waals surface area contributed by atoms with Crippen molar-refractivity contribution >= 4 is 40.3 Å². The van der Waals surface area contributed by atoms with Gasteiger partial charge in [-0.25, -0.2) is 9.38 Å². The number of aliphatic imine (C=N–C) groups is 1. The molecule has 1 fully saturated rings. The molecule has 4 rings (SSSR count). The van der Waals surface area contributed by atoms with E-state index < -0.39 is 28.2 Å². The number of rotatable bonds is 5. The molecule has 12 heteroatoms. The predicted octanol–water partition coefficient (Wildman–Crippen LogP) is 6.44. The average Bonchev–Trinajstić information content (AvgIpc) is 3.14. The van der Waals surface area contributed by atoms with Crippen LogP contribution in [0.25, 0.3) is 6.08 Å². The number of nitrogens with zero attached hydrogens (tertiary/aromatic N) is 2. The Morgan fingerprint density at radius 3 is 2.34 bits per heavy atom. The van der Waals surface area contributed by atoms with Crippen molar-refractivity contribution in [3.05, 3.63) is 98.7 Å². The summed E-state index contributed by atoms with van der Waals surface area (Å²) in [5, 5.41) is 14.1. The lowest BCUT2D eigenvalue weighted by Crippen LogP contribution is -2.19. The Morgan fingerprint density at radius 2 is 1.71 bits per heavy atom. The van der Waals surface area contributed by atoms with Gasteiger partial charge in [0, 0.05) is 6.07 Å². The van der Waals surface area contributed by atoms with Crippen molar-refractivity contribution in [1.29, 1.82) is 0 Å². The smallest absolute Gasteiger partial charge is 0.416 e. The molecule has 0 radical (unpaired) electrons. The zero-order valence-corrected chi connectivity index (χ0v) is 18.2. The summed E-state index contributed by atoms with van der Waals surface area (Å²) in [5.74, 6) is -0.979. The second kappa shape index (κ2) is 9.58. The van der Waals surface area contributed by atoms with Crippen LogP contribution >= 0.6 is 11.8 Å². The van der Waals surface area contributed by atoms with Crippen LogP contribution in [0.4, 0.5) is 28.9 Å². The summed E-state index contributed by atoms with van der Waals surface area (Å²) in [6.45, 7) is 0. The first-order chi connectivity index (χ1) is 16.6. The lowest BCUT2D eigenvalue weighted by molar-refractivity contribution is -0.385. The van der Waals surface area contributed by atoms with Crippen molar-refractivity contribution in [2.75, 3.05) is 0 Å². The fraction of sp³-hybridized carbons (Fsp3) is 0.0435. The first kappa shape index (κ1) is 24.0. The molecule has 1 amide bonds. The number of ether oxygens (including phenoxy) is 1. The number of nitro benzene ring substituents is 1. The molecule has 178 valence electrons. The molecule has 0 bridgehead atoms. The Bertz CT molecular complexity index is 1350.